The molecule has 0 aromatic heterocycles. The maximum absolute atomic E-state index is 14.5. The molecule has 4 heterocycles. The van der Waals surface area contributed by atoms with Crippen molar-refractivity contribution in [3.05, 3.63) is 53.6 Å². The lowest BCUT2D eigenvalue weighted by Crippen LogP contribution is -2.59. The molecule has 0 radical (unpaired) electrons. The molecule has 5 rings (SSSR count). The summed E-state index contributed by atoms with van der Waals surface area (Å²) in [6.45, 7) is 6.81. The van der Waals surface area contributed by atoms with Crippen molar-refractivity contribution in [1.29, 1.82) is 0 Å². The van der Waals surface area contributed by atoms with Gasteiger partial charge in [0, 0.05) is 19.6 Å². The number of fused-ring (bicyclic) bond motifs is 2. The van der Waals surface area contributed by atoms with Gasteiger partial charge in [-0.15, -0.1) is 0 Å². The largest absolute Gasteiger partial charge is 0.394 e. The van der Waals surface area contributed by atoms with Gasteiger partial charge in [-0.2, -0.15) is 0 Å². The number of hydrogen-bond donors (Lipinski definition) is 1. The van der Waals surface area contributed by atoms with Gasteiger partial charge in [0.2, 0.25) is 11.8 Å². The average Bonchev–Trinajstić information content (AvgIpc) is 3.21. The maximum atomic E-state index is 14.5. The number of amides is 3. The van der Waals surface area contributed by atoms with Crippen LogP contribution < -0.4 is 4.90 Å². The van der Waals surface area contributed by atoms with Crippen molar-refractivity contribution in [2.75, 3.05) is 31.1 Å². The Labute approximate surface area is 228 Å². The van der Waals surface area contributed by atoms with E-state index in [9.17, 15) is 19.5 Å². The number of anilines is 1. The number of carbonyl (C=O) groups excluding carboxylic acids is 3. The lowest BCUT2D eigenvalue weighted by atomic mass is 9.73. The van der Waals surface area contributed by atoms with Crippen LogP contribution in [0.1, 0.15) is 40.0 Å². The Kier molecular flexibility index (Phi) is 7.18. The lowest BCUT2D eigenvalue weighted by molar-refractivity contribution is -0.152. The van der Waals surface area contributed by atoms with Crippen LogP contribution in [0, 0.1) is 11.8 Å². The van der Waals surface area contributed by atoms with Gasteiger partial charge in [0.25, 0.3) is 5.91 Å². The van der Waals surface area contributed by atoms with Gasteiger partial charge in [-0.25, -0.2) is 0 Å². The molecule has 1 unspecified atom stereocenters. The number of hydrogen-bond acceptors (Lipinski definition) is 5. The molecule has 9 heteroatoms. The molecule has 1 aromatic rings. The number of nitrogens with zero attached hydrogens (tertiary/aromatic N) is 3. The van der Waals surface area contributed by atoms with Gasteiger partial charge >= 0.3 is 0 Å². The van der Waals surface area contributed by atoms with Crippen molar-refractivity contribution in [2.24, 2.45) is 11.8 Å². The molecule has 204 valence electrons. The molecule has 1 N–H and O–H groups in total. The third-order valence-corrected chi connectivity index (χ3v) is 8.99. The number of benzene rings is 1. The fourth-order valence-electron chi connectivity index (χ4n) is 6.92. The number of likely N-dealkylation sites (tertiary alicyclic amines) is 1. The fourth-order valence-corrected chi connectivity index (χ4v) is 7.15. The minimum atomic E-state index is -1.36. The summed E-state index contributed by atoms with van der Waals surface area (Å²) in [6.07, 6.45) is 9.28. The molecular formula is C29H36ClN3O5. The zero-order chi connectivity index (χ0) is 27.2. The Morgan fingerprint density at radius 1 is 1.03 bits per heavy atom. The highest BCUT2D eigenvalue weighted by Crippen LogP contribution is 2.59. The summed E-state index contributed by atoms with van der Waals surface area (Å²) in [5, 5.41) is 10.7. The summed E-state index contributed by atoms with van der Waals surface area (Å²) in [4.78, 5) is 47.9. The van der Waals surface area contributed by atoms with Gasteiger partial charge in [0.05, 0.1) is 40.8 Å². The van der Waals surface area contributed by atoms with Crippen LogP contribution >= 0.6 is 11.6 Å². The maximum Gasteiger partial charge on any atom is 0.253 e. The van der Waals surface area contributed by atoms with Crippen LogP contribution in [0.3, 0.4) is 0 Å². The van der Waals surface area contributed by atoms with E-state index >= 15 is 0 Å². The predicted molar refractivity (Wildman–Crippen MR) is 145 cm³/mol. The van der Waals surface area contributed by atoms with E-state index < -0.39 is 35.1 Å². The first-order chi connectivity index (χ1) is 18.3. The van der Waals surface area contributed by atoms with Crippen LogP contribution in [-0.2, 0) is 19.1 Å². The first-order valence-corrected chi connectivity index (χ1v) is 14.0. The number of para-hydroxylation sites is 1. The standard InChI is InChI=1S/C29H36ClN3O5/c1-4-15-31-16-9-13-28(6-3)22(25(31)35)23-26(36)33(19(5-2)18-34)24-27(37)32(17-10-14-29(23,24)38-28)21-12-8-7-11-20(21)30/h7-14,19,22-24,34H,4-6,15-18H2,1-3H3/t19-,22+,23-,24?,28-,29-/m0/s1. The van der Waals surface area contributed by atoms with Crippen LogP contribution in [0.2, 0.25) is 5.02 Å². The van der Waals surface area contributed by atoms with Gasteiger partial charge in [-0.3, -0.25) is 14.4 Å². The zero-order valence-corrected chi connectivity index (χ0v) is 22.9. The first-order valence-electron chi connectivity index (χ1n) is 13.6. The van der Waals surface area contributed by atoms with Gasteiger partial charge in [-0.1, -0.05) is 68.8 Å². The van der Waals surface area contributed by atoms with Crippen molar-refractivity contribution in [1.82, 2.24) is 9.80 Å². The summed E-state index contributed by atoms with van der Waals surface area (Å²) in [5.74, 6) is -2.46. The minimum Gasteiger partial charge on any atom is -0.394 e. The van der Waals surface area contributed by atoms with Crippen LogP contribution in [0.5, 0.6) is 0 Å². The number of halogens is 1. The Bertz CT molecular complexity index is 1180. The molecule has 8 nitrogen and oxygen atoms in total. The molecule has 38 heavy (non-hydrogen) atoms. The fraction of sp³-hybridized carbons (Fsp3) is 0.552. The topological polar surface area (TPSA) is 90.4 Å². The van der Waals surface area contributed by atoms with E-state index in [-0.39, 0.29) is 30.9 Å². The second-order valence-electron chi connectivity index (χ2n) is 10.6. The third kappa shape index (κ3) is 3.75. The van der Waals surface area contributed by atoms with Gasteiger partial charge < -0.3 is 24.5 Å². The molecule has 2 saturated heterocycles. The van der Waals surface area contributed by atoms with E-state index in [0.29, 0.717) is 36.6 Å². The van der Waals surface area contributed by atoms with Gasteiger partial charge in [-0.05, 0) is 31.4 Å². The monoisotopic (exact) mass is 541 g/mol. The van der Waals surface area contributed by atoms with E-state index in [0.717, 1.165) is 6.42 Å². The molecule has 1 spiro atoms. The van der Waals surface area contributed by atoms with E-state index in [1.54, 1.807) is 28.0 Å². The van der Waals surface area contributed by atoms with E-state index in [4.69, 9.17) is 16.3 Å². The summed E-state index contributed by atoms with van der Waals surface area (Å²) in [5.41, 5.74) is -1.84. The highest BCUT2D eigenvalue weighted by atomic mass is 35.5. The average molecular weight is 542 g/mol. The highest BCUT2D eigenvalue weighted by Gasteiger charge is 2.75. The zero-order valence-electron chi connectivity index (χ0n) is 22.2. The van der Waals surface area contributed by atoms with E-state index in [2.05, 4.69) is 0 Å². The molecule has 0 aliphatic carbocycles. The molecule has 1 aromatic carbocycles. The molecule has 3 amide bonds. The lowest BCUT2D eigenvalue weighted by Gasteiger charge is -2.40. The molecule has 6 atom stereocenters. The van der Waals surface area contributed by atoms with E-state index in [1.165, 1.54) is 4.90 Å². The number of aliphatic hydroxyl groups excluding tert-OH is 1. The second-order valence-corrected chi connectivity index (χ2v) is 11.0. The molecular weight excluding hydrogens is 506 g/mol. The smallest absolute Gasteiger partial charge is 0.253 e. The van der Waals surface area contributed by atoms with E-state index in [1.807, 2.05) is 51.1 Å². The van der Waals surface area contributed by atoms with Crippen LogP contribution in [0.15, 0.2) is 48.6 Å². The van der Waals surface area contributed by atoms with Gasteiger partial charge in [0.15, 0.2) is 0 Å². The van der Waals surface area contributed by atoms with Crippen LogP contribution in [0.25, 0.3) is 0 Å². The predicted octanol–water partition coefficient (Wildman–Crippen LogP) is 3.18. The second kappa shape index (κ2) is 10.1. The SMILES string of the molecule is CCCN1CC=C[C@]2(CC)O[C@]34C=CCN(c5ccccc5Cl)C(=O)C3N([C@@H](CC)CO)C(=O)[C@@H]4[C@@H]2C1=O. The normalized spacial score (nSPS) is 33.2. The first kappa shape index (κ1) is 26.9. The van der Waals surface area contributed by atoms with Crippen molar-refractivity contribution in [2.45, 2.75) is 63.3 Å². The Morgan fingerprint density at radius 2 is 1.76 bits per heavy atom. The molecule has 0 bridgehead atoms. The minimum absolute atomic E-state index is 0.125. The van der Waals surface area contributed by atoms with Gasteiger partial charge in [0.1, 0.15) is 11.6 Å². The summed E-state index contributed by atoms with van der Waals surface area (Å²) < 4.78 is 6.95. The number of aliphatic hydroxyl groups is 1. The third-order valence-electron chi connectivity index (χ3n) is 8.67. The number of carbonyl (C=O) groups is 3. The van der Waals surface area contributed by atoms with Crippen molar-refractivity contribution in [3.63, 3.8) is 0 Å². The van der Waals surface area contributed by atoms with Crippen molar-refractivity contribution in [3.8, 4) is 0 Å². The van der Waals surface area contributed by atoms with Crippen molar-refractivity contribution < 1.29 is 24.2 Å². The molecule has 4 aliphatic rings. The number of rotatable bonds is 7. The Morgan fingerprint density at radius 3 is 2.42 bits per heavy atom. The van der Waals surface area contributed by atoms with Crippen LogP contribution in [-0.4, -0.2) is 82.2 Å². The molecule has 2 fully saturated rings. The van der Waals surface area contributed by atoms with Crippen LogP contribution in [0.4, 0.5) is 5.69 Å². The number of ether oxygens (including phenoxy) is 1. The molecule has 4 aliphatic heterocycles. The summed E-state index contributed by atoms with van der Waals surface area (Å²) >= 11 is 6.51. The summed E-state index contributed by atoms with van der Waals surface area (Å²) in [7, 11) is 0. The Balaban J connectivity index is 1.70. The Hall–Kier alpha value is -2.68. The quantitative estimate of drug-likeness (QED) is 0.535. The molecule has 0 saturated carbocycles. The highest BCUT2D eigenvalue weighted by molar-refractivity contribution is 6.34. The van der Waals surface area contributed by atoms with Crippen molar-refractivity contribution >= 4 is 35.0 Å². The summed E-state index contributed by atoms with van der Waals surface area (Å²) in [6, 6.07) is 5.45.